The number of nitrogens with one attached hydrogen (secondary N) is 1. The summed E-state index contributed by atoms with van der Waals surface area (Å²) in [4.78, 5) is 12.6. The van der Waals surface area contributed by atoms with E-state index in [4.69, 9.17) is 0 Å². The van der Waals surface area contributed by atoms with Crippen LogP contribution in [0.2, 0.25) is 0 Å². The highest BCUT2D eigenvalue weighted by Gasteiger charge is 2.26. The molecule has 1 N–H and O–H groups in total. The molecule has 3 aromatic carbocycles. The van der Waals surface area contributed by atoms with Crippen LogP contribution in [0.5, 0.6) is 0 Å². The number of rotatable bonds is 9. The van der Waals surface area contributed by atoms with Crippen molar-refractivity contribution in [3.63, 3.8) is 0 Å². The Morgan fingerprint density at radius 3 is 2.44 bits per heavy atom. The lowest BCUT2D eigenvalue weighted by Gasteiger charge is -2.21. The number of carbonyl (C=O) groups excluding carboxylic acids is 1. The highest BCUT2D eigenvalue weighted by molar-refractivity contribution is 9.10. The topological polar surface area (TPSA) is 78.8 Å². The summed E-state index contributed by atoms with van der Waals surface area (Å²) in [7, 11) is -3.87. The first-order chi connectivity index (χ1) is 15.3. The highest BCUT2D eigenvalue weighted by atomic mass is 79.9. The molecule has 0 saturated heterocycles. The van der Waals surface area contributed by atoms with Gasteiger partial charge >= 0.3 is 0 Å². The van der Waals surface area contributed by atoms with Gasteiger partial charge in [-0.15, -0.1) is 0 Å². The number of hydrazone groups is 1. The number of halogens is 1. The standard InChI is InChI=1S/C24H24BrN3O3S/c1-19-6-5-9-21(16-19)17-26-27-24(29)18-28(15-14-20-7-3-2-4-8-20)32(30,31)23-12-10-22(25)11-13-23/h2-13,16-17H,14-15,18H2,1H3,(H,27,29)/b26-17-. The second-order valence-corrected chi connectivity index (χ2v) is 10.1. The first kappa shape index (κ1) is 23.8. The van der Waals surface area contributed by atoms with E-state index < -0.39 is 15.9 Å². The van der Waals surface area contributed by atoms with Crippen LogP contribution in [0.15, 0.2) is 93.3 Å². The molecule has 0 bridgehead atoms. The molecule has 8 heteroatoms. The second kappa shape index (κ2) is 11.2. The molecule has 0 spiro atoms. The average Bonchev–Trinajstić information content (AvgIpc) is 2.77. The molecule has 3 aromatic rings. The first-order valence-corrected chi connectivity index (χ1v) is 12.3. The Hall–Kier alpha value is -2.81. The molecule has 6 nitrogen and oxygen atoms in total. The number of nitrogens with zero attached hydrogens (tertiary/aromatic N) is 2. The molecular formula is C24H24BrN3O3S. The van der Waals surface area contributed by atoms with Gasteiger partial charge in [-0.2, -0.15) is 9.41 Å². The van der Waals surface area contributed by atoms with Gasteiger partial charge in [0.2, 0.25) is 10.0 Å². The summed E-state index contributed by atoms with van der Waals surface area (Å²) in [6.07, 6.45) is 2.01. The highest BCUT2D eigenvalue weighted by Crippen LogP contribution is 2.19. The largest absolute Gasteiger partial charge is 0.272 e. The minimum Gasteiger partial charge on any atom is -0.272 e. The summed E-state index contributed by atoms with van der Waals surface area (Å²) in [5, 5.41) is 3.97. The van der Waals surface area contributed by atoms with Gasteiger partial charge in [0, 0.05) is 11.0 Å². The maximum atomic E-state index is 13.2. The van der Waals surface area contributed by atoms with Gasteiger partial charge in [0.15, 0.2) is 0 Å². The fraction of sp³-hybridized carbons (Fsp3) is 0.167. The number of hydrogen-bond acceptors (Lipinski definition) is 4. The lowest BCUT2D eigenvalue weighted by molar-refractivity contribution is -0.121. The van der Waals surface area contributed by atoms with E-state index in [1.807, 2.05) is 61.5 Å². The Balaban J connectivity index is 1.73. The van der Waals surface area contributed by atoms with E-state index in [2.05, 4.69) is 26.5 Å². The van der Waals surface area contributed by atoms with Crippen molar-refractivity contribution in [2.24, 2.45) is 5.10 Å². The summed E-state index contributed by atoms with van der Waals surface area (Å²) in [6.45, 7) is 1.79. The van der Waals surface area contributed by atoms with Crippen LogP contribution in [0.3, 0.4) is 0 Å². The SMILES string of the molecule is Cc1cccc(/C=N\NC(=O)CN(CCc2ccccc2)S(=O)(=O)c2ccc(Br)cc2)c1. The zero-order chi connectivity index (χ0) is 23.0. The third kappa shape index (κ3) is 6.85. The van der Waals surface area contributed by atoms with Crippen molar-refractivity contribution in [2.45, 2.75) is 18.2 Å². The van der Waals surface area contributed by atoms with Crippen molar-refractivity contribution < 1.29 is 13.2 Å². The van der Waals surface area contributed by atoms with Crippen LogP contribution in [0.4, 0.5) is 0 Å². The number of amides is 1. The van der Waals surface area contributed by atoms with Crippen LogP contribution in [-0.2, 0) is 21.2 Å². The molecule has 0 fully saturated rings. The van der Waals surface area contributed by atoms with Crippen LogP contribution in [0.25, 0.3) is 0 Å². The summed E-state index contributed by atoms with van der Waals surface area (Å²) in [6, 6.07) is 23.6. The van der Waals surface area contributed by atoms with E-state index in [0.717, 1.165) is 21.2 Å². The van der Waals surface area contributed by atoms with E-state index >= 15 is 0 Å². The van der Waals surface area contributed by atoms with Gasteiger partial charge in [0.05, 0.1) is 17.7 Å². The number of benzene rings is 3. The zero-order valence-electron chi connectivity index (χ0n) is 17.6. The van der Waals surface area contributed by atoms with Gasteiger partial charge in [0.1, 0.15) is 0 Å². The number of carbonyl (C=O) groups is 1. The monoisotopic (exact) mass is 513 g/mol. The molecule has 0 aliphatic carbocycles. The van der Waals surface area contributed by atoms with E-state index in [1.165, 1.54) is 22.7 Å². The van der Waals surface area contributed by atoms with Crippen molar-refractivity contribution in [1.29, 1.82) is 0 Å². The molecule has 32 heavy (non-hydrogen) atoms. The van der Waals surface area contributed by atoms with Crippen molar-refractivity contribution in [3.05, 3.63) is 100 Å². The maximum Gasteiger partial charge on any atom is 0.255 e. The van der Waals surface area contributed by atoms with Crippen LogP contribution >= 0.6 is 15.9 Å². The molecule has 0 aliphatic heterocycles. The molecular weight excluding hydrogens is 490 g/mol. The van der Waals surface area contributed by atoms with Crippen molar-refractivity contribution in [1.82, 2.24) is 9.73 Å². The lowest BCUT2D eigenvalue weighted by atomic mass is 10.1. The number of sulfonamides is 1. The van der Waals surface area contributed by atoms with E-state index in [9.17, 15) is 13.2 Å². The summed E-state index contributed by atoms with van der Waals surface area (Å²) < 4.78 is 28.4. The quantitative estimate of drug-likeness (QED) is 0.345. The van der Waals surface area contributed by atoms with Gasteiger partial charge in [-0.05, 0) is 48.7 Å². The van der Waals surface area contributed by atoms with Gasteiger partial charge < -0.3 is 0 Å². The van der Waals surface area contributed by atoms with Crippen LogP contribution in [-0.4, -0.2) is 37.9 Å². The maximum absolute atomic E-state index is 13.2. The second-order valence-electron chi connectivity index (χ2n) is 7.24. The zero-order valence-corrected chi connectivity index (χ0v) is 20.0. The minimum absolute atomic E-state index is 0.129. The molecule has 0 unspecified atom stereocenters. The predicted molar refractivity (Wildman–Crippen MR) is 130 cm³/mol. The van der Waals surface area contributed by atoms with Crippen LogP contribution in [0.1, 0.15) is 16.7 Å². The molecule has 0 atom stereocenters. The first-order valence-electron chi connectivity index (χ1n) is 10.0. The molecule has 0 aromatic heterocycles. The van der Waals surface area contributed by atoms with E-state index in [1.54, 1.807) is 12.1 Å². The molecule has 1 amide bonds. The fourth-order valence-electron chi connectivity index (χ4n) is 3.06. The van der Waals surface area contributed by atoms with E-state index in [0.29, 0.717) is 6.42 Å². The third-order valence-corrected chi connectivity index (χ3v) is 7.10. The smallest absolute Gasteiger partial charge is 0.255 e. The average molecular weight is 514 g/mol. The predicted octanol–water partition coefficient (Wildman–Crippen LogP) is 4.14. The van der Waals surface area contributed by atoms with Crippen molar-refractivity contribution in [2.75, 3.05) is 13.1 Å². The molecule has 0 aliphatic rings. The molecule has 3 rings (SSSR count). The minimum atomic E-state index is -3.87. The van der Waals surface area contributed by atoms with Gasteiger partial charge in [-0.3, -0.25) is 4.79 Å². The van der Waals surface area contributed by atoms with Crippen molar-refractivity contribution in [3.8, 4) is 0 Å². The Labute approximate surface area is 197 Å². The lowest BCUT2D eigenvalue weighted by Crippen LogP contribution is -2.40. The van der Waals surface area contributed by atoms with Gasteiger partial charge in [0.25, 0.3) is 5.91 Å². The summed E-state index contributed by atoms with van der Waals surface area (Å²) in [5.74, 6) is -0.511. The van der Waals surface area contributed by atoms with Crippen molar-refractivity contribution >= 4 is 38.1 Å². The summed E-state index contributed by atoms with van der Waals surface area (Å²) >= 11 is 3.31. The summed E-state index contributed by atoms with van der Waals surface area (Å²) in [5.41, 5.74) is 5.33. The molecule has 166 valence electrons. The normalized spacial score (nSPS) is 11.7. The molecule has 0 radical (unpaired) electrons. The number of hydrogen-bond donors (Lipinski definition) is 1. The van der Waals surface area contributed by atoms with Crippen LogP contribution in [0, 0.1) is 6.92 Å². The van der Waals surface area contributed by atoms with Crippen LogP contribution < -0.4 is 5.43 Å². The van der Waals surface area contributed by atoms with Gasteiger partial charge in [-0.1, -0.05) is 76.1 Å². The van der Waals surface area contributed by atoms with E-state index in [-0.39, 0.29) is 18.0 Å². The molecule has 0 saturated carbocycles. The Morgan fingerprint density at radius 2 is 1.75 bits per heavy atom. The third-order valence-electron chi connectivity index (χ3n) is 4.71. The molecule has 0 heterocycles. The van der Waals surface area contributed by atoms with Gasteiger partial charge in [-0.25, -0.2) is 13.8 Å². The Bertz CT molecular complexity index is 1180. The fourth-order valence-corrected chi connectivity index (χ4v) is 4.72. The number of aryl methyl sites for hydroxylation is 1. The Morgan fingerprint density at radius 1 is 1.03 bits per heavy atom. The Kier molecular flexibility index (Phi) is 8.33.